The SMILES string of the molecule is CCOC(=O)CC(c1cccc(C(F)(F)F)c1)N(C)C. The minimum Gasteiger partial charge on any atom is -0.466 e. The molecule has 0 fully saturated rings. The van der Waals surface area contributed by atoms with Gasteiger partial charge in [0.15, 0.2) is 0 Å². The van der Waals surface area contributed by atoms with Crippen LogP contribution in [0.2, 0.25) is 0 Å². The Morgan fingerprint density at radius 2 is 2.00 bits per heavy atom. The van der Waals surface area contributed by atoms with Crippen molar-refractivity contribution in [2.45, 2.75) is 25.6 Å². The van der Waals surface area contributed by atoms with Crippen LogP contribution in [0.5, 0.6) is 0 Å². The third-order valence-electron chi connectivity index (χ3n) is 2.89. The maximum atomic E-state index is 12.7. The smallest absolute Gasteiger partial charge is 0.416 e. The van der Waals surface area contributed by atoms with Gasteiger partial charge in [-0.15, -0.1) is 0 Å². The zero-order valence-corrected chi connectivity index (χ0v) is 11.7. The Labute approximate surface area is 116 Å². The molecule has 0 aliphatic carbocycles. The Hall–Kier alpha value is -1.56. The molecule has 0 aromatic heterocycles. The number of carbonyl (C=O) groups is 1. The minimum absolute atomic E-state index is 0.0160. The molecule has 0 heterocycles. The van der Waals surface area contributed by atoms with Crippen LogP contribution >= 0.6 is 0 Å². The average molecular weight is 289 g/mol. The molecule has 0 N–H and O–H groups in total. The summed E-state index contributed by atoms with van der Waals surface area (Å²) in [5, 5.41) is 0. The van der Waals surface area contributed by atoms with Gasteiger partial charge in [0.25, 0.3) is 0 Å². The van der Waals surface area contributed by atoms with E-state index in [0.717, 1.165) is 12.1 Å². The van der Waals surface area contributed by atoms with Gasteiger partial charge in [0.05, 0.1) is 18.6 Å². The monoisotopic (exact) mass is 289 g/mol. The summed E-state index contributed by atoms with van der Waals surface area (Å²) in [6, 6.07) is 4.57. The molecule has 1 aromatic carbocycles. The Morgan fingerprint density at radius 3 is 2.50 bits per heavy atom. The normalized spacial score (nSPS) is 13.3. The van der Waals surface area contributed by atoms with Crippen LogP contribution in [-0.2, 0) is 15.7 Å². The van der Waals surface area contributed by atoms with E-state index in [1.807, 2.05) is 0 Å². The number of halogens is 3. The van der Waals surface area contributed by atoms with Crippen LogP contribution in [0, 0.1) is 0 Å². The lowest BCUT2D eigenvalue weighted by Crippen LogP contribution is -2.24. The molecule has 0 aliphatic rings. The summed E-state index contributed by atoms with van der Waals surface area (Å²) < 4.78 is 43.0. The fourth-order valence-electron chi connectivity index (χ4n) is 1.90. The first kappa shape index (κ1) is 16.5. The summed E-state index contributed by atoms with van der Waals surface area (Å²) in [6.07, 6.45) is -4.38. The number of carbonyl (C=O) groups excluding carboxylic acids is 1. The topological polar surface area (TPSA) is 29.5 Å². The number of nitrogens with zero attached hydrogens (tertiary/aromatic N) is 1. The number of hydrogen-bond donors (Lipinski definition) is 0. The van der Waals surface area contributed by atoms with Gasteiger partial charge in [-0.3, -0.25) is 4.79 Å². The van der Waals surface area contributed by atoms with E-state index in [9.17, 15) is 18.0 Å². The van der Waals surface area contributed by atoms with E-state index in [2.05, 4.69) is 0 Å². The molecule has 0 bridgehead atoms. The molecule has 112 valence electrons. The molecule has 0 amide bonds. The number of ether oxygens (including phenoxy) is 1. The number of benzene rings is 1. The van der Waals surface area contributed by atoms with Crippen molar-refractivity contribution in [2.75, 3.05) is 20.7 Å². The van der Waals surface area contributed by atoms with Gasteiger partial charge in [-0.05, 0) is 38.7 Å². The molecule has 0 spiro atoms. The number of alkyl halides is 3. The second-order valence-corrected chi connectivity index (χ2v) is 4.61. The van der Waals surface area contributed by atoms with Gasteiger partial charge >= 0.3 is 12.1 Å². The molecule has 1 aromatic rings. The van der Waals surface area contributed by atoms with Crippen molar-refractivity contribution in [3.8, 4) is 0 Å². The quantitative estimate of drug-likeness (QED) is 0.779. The van der Waals surface area contributed by atoms with E-state index in [-0.39, 0.29) is 13.0 Å². The maximum absolute atomic E-state index is 12.7. The van der Waals surface area contributed by atoms with Crippen LogP contribution in [0.4, 0.5) is 13.2 Å². The molecule has 6 heteroatoms. The molecule has 0 saturated heterocycles. The second-order valence-electron chi connectivity index (χ2n) is 4.61. The largest absolute Gasteiger partial charge is 0.466 e. The highest BCUT2D eigenvalue weighted by Gasteiger charge is 2.31. The molecule has 20 heavy (non-hydrogen) atoms. The van der Waals surface area contributed by atoms with Crippen LogP contribution in [0.1, 0.15) is 30.5 Å². The first-order chi connectivity index (χ1) is 9.25. The van der Waals surface area contributed by atoms with Crippen LogP contribution in [0.15, 0.2) is 24.3 Å². The van der Waals surface area contributed by atoms with E-state index in [0.29, 0.717) is 5.56 Å². The predicted octanol–water partition coefficient (Wildman–Crippen LogP) is 3.26. The highest BCUT2D eigenvalue weighted by atomic mass is 19.4. The van der Waals surface area contributed by atoms with E-state index >= 15 is 0 Å². The van der Waals surface area contributed by atoms with Crippen molar-refractivity contribution in [2.24, 2.45) is 0 Å². The van der Waals surface area contributed by atoms with Gasteiger partial charge in [-0.25, -0.2) is 0 Å². The van der Waals surface area contributed by atoms with E-state index in [1.54, 1.807) is 32.0 Å². The Bertz CT molecular complexity index is 458. The van der Waals surface area contributed by atoms with Gasteiger partial charge < -0.3 is 9.64 Å². The van der Waals surface area contributed by atoms with Crippen molar-refractivity contribution in [1.29, 1.82) is 0 Å². The van der Waals surface area contributed by atoms with Crippen LogP contribution in [-0.4, -0.2) is 31.6 Å². The summed E-state index contributed by atoms with van der Waals surface area (Å²) >= 11 is 0. The fourth-order valence-corrected chi connectivity index (χ4v) is 1.90. The van der Waals surface area contributed by atoms with Crippen LogP contribution in [0.25, 0.3) is 0 Å². The molecular formula is C14H18F3NO2. The lowest BCUT2D eigenvalue weighted by molar-refractivity contribution is -0.144. The highest BCUT2D eigenvalue weighted by molar-refractivity contribution is 5.70. The maximum Gasteiger partial charge on any atom is 0.416 e. The zero-order valence-electron chi connectivity index (χ0n) is 11.7. The van der Waals surface area contributed by atoms with E-state index in [4.69, 9.17) is 4.74 Å². The van der Waals surface area contributed by atoms with Crippen molar-refractivity contribution in [3.05, 3.63) is 35.4 Å². The van der Waals surface area contributed by atoms with Gasteiger partial charge in [0.1, 0.15) is 0 Å². The third kappa shape index (κ3) is 4.52. The zero-order chi connectivity index (χ0) is 15.3. The van der Waals surface area contributed by atoms with Gasteiger partial charge in [0.2, 0.25) is 0 Å². The summed E-state index contributed by atoms with van der Waals surface area (Å²) in [7, 11) is 3.42. The first-order valence-electron chi connectivity index (χ1n) is 6.25. The molecule has 1 atom stereocenters. The lowest BCUT2D eigenvalue weighted by atomic mass is 10.0. The standard InChI is InChI=1S/C14H18F3NO2/c1-4-20-13(19)9-12(18(2)3)10-6-5-7-11(8-10)14(15,16)17/h5-8,12H,4,9H2,1-3H3. The van der Waals surface area contributed by atoms with Crippen molar-refractivity contribution < 1.29 is 22.7 Å². The van der Waals surface area contributed by atoms with Crippen LogP contribution in [0.3, 0.4) is 0 Å². The van der Waals surface area contributed by atoms with E-state index < -0.39 is 23.8 Å². The molecule has 0 radical (unpaired) electrons. The second kappa shape index (κ2) is 6.74. The predicted molar refractivity (Wildman–Crippen MR) is 69.1 cm³/mol. The van der Waals surface area contributed by atoms with Crippen molar-refractivity contribution >= 4 is 5.97 Å². The van der Waals surface area contributed by atoms with Crippen molar-refractivity contribution in [1.82, 2.24) is 4.90 Å². The molecule has 0 aliphatic heterocycles. The Balaban J connectivity index is 3.01. The van der Waals surface area contributed by atoms with Gasteiger partial charge in [-0.1, -0.05) is 12.1 Å². The highest BCUT2D eigenvalue weighted by Crippen LogP contribution is 2.32. The van der Waals surface area contributed by atoms with Crippen LogP contribution < -0.4 is 0 Å². The van der Waals surface area contributed by atoms with Crippen molar-refractivity contribution in [3.63, 3.8) is 0 Å². The molecule has 1 unspecified atom stereocenters. The van der Waals surface area contributed by atoms with E-state index in [1.165, 1.54) is 6.07 Å². The molecular weight excluding hydrogens is 271 g/mol. The number of rotatable bonds is 5. The number of hydrogen-bond acceptors (Lipinski definition) is 3. The third-order valence-corrected chi connectivity index (χ3v) is 2.89. The minimum atomic E-state index is -4.39. The Morgan fingerprint density at radius 1 is 1.35 bits per heavy atom. The van der Waals surface area contributed by atoms with Gasteiger partial charge in [0, 0.05) is 6.04 Å². The van der Waals surface area contributed by atoms with Gasteiger partial charge in [-0.2, -0.15) is 13.2 Å². The Kier molecular flexibility index (Phi) is 5.56. The lowest BCUT2D eigenvalue weighted by Gasteiger charge is -2.24. The fraction of sp³-hybridized carbons (Fsp3) is 0.500. The summed E-state index contributed by atoms with van der Waals surface area (Å²) in [5.74, 6) is -0.427. The number of esters is 1. The molecule has 3 nitrogen and oxygen atoms in total. The summed E-state index contributed by atoms with van der Waals surface area (Å²) in [4.78, 5) is 13.2. The molecule has 0 saturated carbocycles. The summed E-state index contributed by atoms with van der Waals surface area (Å²) in [5.41, 5.74) is -0.274. The first-order valence-corrected chi connectivity index (χ1v) is 6.25. The molecule has 1 rings (SSSR count). The summed E-state index contributed by atoms with van der Waals surface area (Å²) in [6.45, 7) is 1.94. The average Bonchev–Trinajstić information content (AvgIpc) is 2.35.